The predicted molar refractivity (Wildman–Crippen MR) is 256 cm³/mol. The number of carboxylic acid groups (broad SMARTS) is 1. The van der Waals surface area contributed by atoms with E-state index in [1.807, 2.05) is 0 Å². The van der Waals surface area contributed by atoms with E-state index in [4.69, 9.17) is 22.9 Å². The standard InChI is InChI=1S/C43H78N12O13S/c1-21(2)17-28(51-40(64)30(19-32(47)58)52-38(62)26(14-16-69-8)49-36(60)25(45)12-13-31(46)57)37(61)48-20-33(59)54-34(23(5)6)41(65)55-35(24(7)56)42(66)53-29(18-22(3)4)39(63)50-27(43(67)68)11-9-10-15-44/h21-30,34-35,56H,9-20,44-45H2,1-8H3,(H2,46,57)(H2,47,58)(H,48,61)(H,49,60)(H,50,63)(H,51,64)(H,52,62)(H,53,66)(H,54,59)(H,55,65)(H,67,68)/t24-,25+,26+,27+,28+,29+,30+,34+,35+/m1/s1. The molecule has 0 radical (unpaired) electrons. The van der Waals surface area contributed by atoms with Gasteiger partial charge in [-0.15, -0.1) is 0 Å². The highest BCUT2D eigenvalue weighted by molar-refractivity contribution is 7.98. The third kappa shape index (κ3) is 26.1. The zero-order chi connectivity index (χ0) is 53.1. The molecule has 0 spiro atoms. The van der Waals surface area contributed by atoms with Crippen LogP contribution in [0.5, 0.6) is 0 Å². The van der Waals surface area contributed by atoms with Crippen molar-refractivity contribution in [1.82, 2.24) is 42.5 Å². The fraction of sp³-hybridized carbons (Fsp3) is 0.744. The molecule has 69 heavy (non-hydrogen) atoms. The van der Waals surface area contributed by atoms with Crippen molar-refractivity contribution >= 4 is 76.8 Å². The highest BCUT2D eigenvalue weighted by Crippen LogP contribution is 2.11. The molecule has 0 rings (SSSR count). The fourth-order valence-electron chi connectivity index (χ4n) is 6.56. The number of unbranched alkanes of at least 4 members (excludes halogenated alkanes) is 1. The first-order valence-electron chi connectivity index (χ1n) is 23.0. The summed E-state index contributed by atoms with van der Waals surface area (Å²) < 4.78 is 0. The van der Waals surface area contributed by atoms with Gasteiger partial charge in [-0.25, -0.2) is 4.79 Å². The maximum absolute atomic E-state index is 13.6. The molecule has 0 unspecified atom stereocenters. The maximum Gasteiger partial charge on any atom is 0.326 e. The van der Waals surface area contributed by atoms with Gasteiger partial charge in [-0.1, -0.05) is 41.5 Å². The van der Waals surface area contributed by atoms with E-state index in [2.05, 4.69) is 42.5 Å². The molecule has 18 N–H and O–H groups in total. The molecule has 26 heteroatoms. The number of hydrogen-bond donors (Lipinski definition) is 14. The Morgan fingerprint density at radius 3 is 1.54 bits per heavy atom. The summed E-state index contributed by atoms with van der Waals surface area (Å²) in [6.07, 6.45) is 0.485. The van der Waals surface area contributed by atoms with Crippen molar-refractivity contribution < 1.29 is 63.0 Å². The van der Waals surface area contributed by atoms with Crippen molar-refractivity contribution in [3.05, 3.63) is 0 Å². The van der Waals surface area contributed by atoms with Crippen molar-refractivity contribution in [3.63, 3.8) is 0 Å². The Morgan fingerprint density at radius 1 is 0.551 bits per heavy atom. The molecule has 0 aromatic rings. The lowest BCUT2D eigenvalue weighted by Gasteiger charge is -2.29. The second-order valence-electron chi connectivity index (χ2n) is 18.0. The van der Waals surface area contributed by atoms with Gasteiger partial charge < -0.3 is 75.7 Å². The minimum Gasteiger partial charge on any atom is -0.480 e. The lowest BCUT2D eigenvalue weighted by atomic mass is 10.00. The number of thioether (sulfide) groups is 1. The lowest BCUT2D eigenvalue weighted by molar-refractivity contribution is -0.142. The highest BCUT2D eigenvalue weighted by Gasteiger charge is 2.36. The van der Waals surface area contributed by atoms with Crippen LogP contribution in [0.25, 0.3) is 0 Å². The van der Waals surface area contributed by atoms with Gasteiger partial charge in [0.25, 0.3) is 0 Å². The molecule has 25 nitrogen and oxygen atoms in total. The van der Waals surface area contributed by atoms with E-state index in [0.29, 0.717) is 25.1 Å². The van der Waals surface area contributed by atoms with Crippen LogP contribution in [0.3, 0.4) is 0 Å². The van der Waals surface area contributed by atoms with Crippen LogP contribution in [0.2, 0.25) is 0 Å². The second-order valence-corrected chi connectivity index (χ2v) is 19.0. The molecule has 0 heterocycles. The first kappa shape index (κ1) is 63.4. The van der Waals surface area contributed by atoms with E-state index in [1.54, 1.807) is 47.8 Å². The maximum atomic E-state index is 13.6. The number of nitrogens with two attached hydrogens (primary N) is 4. The summed E-state index contributed by atoms with van der Waals surface area (Å²) in [6.45, 7) is 11.0. The molecule has 9 atom stereocenters. The van der Waals surface area contributed by atoms with Crippen LogP contribution < -0.4 is 65.5 Å². The number of amides is 10. The van der Waals surface area contributed by atoms with Gasteiger partial charge in [0.15, 0.2) is 0 Å². The van der Waals surface area contributed by atoms with E-state index in [0.717, 1.165) is 0 Å². The van der Waals surface area contributed by atoms with Gasteiger partial charge in [0.05, 0.1) is 25.1 Å². The molecule has 0 saturated heterocycles. The number of carbonyl (C=O) groups is 11. The number of rotatable bonds is 35. The molecule has 0 aliphatic heterocycles. The van der Waals surface area contributed by atoms with Crippen LogP contribution >= 0.6 is 11.8 Å². The molecule has 0 aromatic carbocycles. The summed E-state index contributed by atoms with van der Waals surface area (Å²) in [7, 11) is 0. The van der Waals surface area contributed by atoms with Gasteiger partial charge in [-0.05, 0) is 88.2 Å². The fourth-order valence-corrected chi connectivity index (χ4v) is 7.03. The molecule has 0 bridgehead atoms. The zero-order valence-electron chi connectivity index (χ0n) is 41.0. The van der Waals surface area contributed by atoms with Crippen LogP contribution in [0, 0.1) is 17.8 Å². The lowest BCUT2D eigenvalue weighted by Crippen LogP contribution is -2.61. The number of aliphatic hydroxyl groups is 1. The zero-order valence-corrected chi connectivity index (χ0v) is 41.8. The van der Waals surface area contributed by atoms with Crippen LogP contribution in [0.4, 0.5) is 0 Å². The summed E-state index contributed by atoms with van der Waals surface area (Å²) in [4.78, 5) is 142. The summed E-state index contributed by atoms with van der Waals surface area (Å²) in [5, 5.41) is 39.8. The van der Waals surface area contributed by atoms with Crippen molar-refractivity contribution in [2.45, 2.75) is 161 Å². The summed E-state index contributed by atoms with van der Waals surface area (Å²) in [5.41, 5.74) is 21.9. The largest absolute Gasteiger partial charge is 0.480 e. The molecule has 0 aliphatic carbocycles. The summed E-state index contributed by atoms with van der Waals surface area (Å²) in [6, 6.07) is -10.8. The molecule has 10 amide bonds. The third-order valence-corrected chi connectivity index (χ3v) is 11.0. The number of carbonyl (C=O) groups excluding carboxylic acids is 10. The Bertz CT molecular complexity index is 1750. The van der Waals surface area contributed by atoms with E-state index in [9.17, 15) is 63.0 Å². The number of primary amides is 2. The monoisotopic (exact) mass is 1000 g/mol. The Kier molecular flexibility index (Phi) is 30.3. The van der Waals surface area contributed by atoms with Crippen LogP contribution in [0.1, 0.15) is 106 Å². The number of hydrogen-bond acceptors (Lipinski definition) is 15. The number of carboxylic acids is 1. The normalized spacial score (nSPS) is 15.2. The van der Waals surface area contributed by atoms with Crippen molar-refractivity contribution in [2.24, 2.45) is 40.7 Å². The smallest absolute Gasteiger partial charge is 0.326 e. The first-order chi connectivity index (χ1) is 32.1. The van der Waals surface area contributed by atoms with Gasteiger partial charge in [0.2, 0.25) is 59.1 Å². The van der Waals surface area contributed by atoms with E-state index in [1.165, 1.54) is 18.7 Å². The van der Waals surface area contributed by atoms with E-state index >= 15 is 0 Å². The third-order valence-electron chi connectivity index (χ3n) is 10.3. The highest BCUT2D eigenvalue weighted by atomic mass is 32.2. The topological polar surface area (TPSA) is 429 Å². The first-order valence-corrected chi connectivity index (χ1v) is 24.4. The minimum absolute atomic E-state index is 0.0144. The second kappa shape index (κ2) is 33.0. The van der Waals surface area contributed by atoms with Gasteiger partial charge in [-0.3, -0.25) is 47.9 Å². The average Bonchev–Trinajstić information content (AvgIpc) is 3.24. The molecule has 0 saturated carbocycles. The predicted octanol–water partition coefficient (Wildman–Crippen LogP) is -3.94. The molecule has 0 aliphatic rings. The van der Waals surface area contributed by atoms with Gasteiger partial charge in [0, 0.05) is 6.42 Å². The van der Waals surface area contributed by atoms with Crippen molar-refractivity contribution in [2.75, 3.05) is 25.1 Å². The SMILES string of the molecule is CSCC[C@H](NC(=O)[C@@H](N)CCC(N)=O)C(=O)N[C@@H](CC(N)=O)C(=O)N[C@@H](CC(C)C)C(=O)NCC(=O)N[C@H](C(=O)N[C@H](C(=O)N[C@@H](CC(C)C)C(=O)N[C@@H](CCCCN)C(=O)O)[C@@H](C)O)C(C)C. The van der Waals surface area contributed by atoms with Gasteiger partial charge in [-0.2, -0.15) is 11.8 Å². The summed E-state index contributed by atoms with van der Waals surface area (Å²) >= 11 is 1.35. The Labute approximate surface area is 407 Å². The van der Waals surface area contributed by atoms with Crippen molar-refractivity contribution in [1.29, 1.82) is 0 Å². The van der Waals surface area contributed by atoms with Crippen LogP contribution in [-0.2, 0) is 52.7 Å². The van der Waals surface area contributed by atoms with Crippen LogP contribution in [0.15, 0.2) is 0 Å². The number of aliphatic carboxylic acids is 1. The Morgan fingerprint density at radius 2 is 1.04 bits per heavy atom. The number of nitrogens with one attached hydrogen (secondary N) is 8. The van der Waals surface area contributed by atoms with E-state index < -0.39 is 138 Å². The van der Waals surface area contributed by atoms with E-state index in [-0.39, 0.29) is 50.4 Å². The molecule has 394 valence electrons. The molecule has 0 aromatic heterocycles. The minimum atomic E-state index is -1.64. The van der Waals surface area contributed by atoms with Crippen molar-refractivity contribution in [3.8, 4) is 0 Å². The van der Waals surface area contributed by atoms with Gasteiger partial charge in [0.1, 0.15) is 42.3 Å². The number of aliphatic hydroxyl groups excluding tert-OH is 1. The molecular formula is C43H78N12O13S. The quantitative estimate of drug-likeness (QED) is 0.0270. The molecule has 0 fully saturated rings. The average molecular weight is 1000 g/mol. The Balaban J connectivity index is 6.05. The molecular weight excluding hydrogens is 925 g/mol. The van der Waals surface area contributed by atoms with Gasteiger partial charge >= 0.3 is 5.97 Å². The Hall–Kier alpha value is -5.60. The summed E-state index contributed by atoms with van der Waals surface area (Å²) in [5.74, 6) is -10.6. The van der Waals surface area contributed by atoms with Crippen LogP contribution in [-0.4, -0.2) is 155 Å².